The van der Waals surface area contributed by atoms with Crippen LogP contribution in [0.2, 0.25) is 0 Å². The summed E-state index contributed by atoms with van der Waals surface area (Å²) in [6, 6.07) is 19.7. The van der Waals surface area contributed by atoms with Crippen LogP contribution in [-0.2, 0) is 67.2 Å². The molecule has 0 unspecified atom stereocenters. The number of ether oxygens (including phenoxy) is 6. The summed E-state index contributed by atoms with van der Waals surface area (Å²) in [5, 5.41) is 30.2. The van der Waals surface area contributed by atoms with Gasteiger partial charge in [0.1, 0.15) is 17.8 Å². The van der Waals surface area contributed by atoms with E-state index in [2.05, 4.69) is 47.1 Å². The number of fused-ring (bicyclic) bond motifs is 1. The zero-order valence-electron chi connectivity index (χ0n) is 44.0. The number of nitrogens with zero attached hydrogens (tertiary/aromatic N) is 2. The van der Waals surface area contributed by atoms with Gasteiger partial charge in [-0.05, 0) is 65.8 Å². The van der Waals surface area contributed by atoms with Crippen molar-refractivity contribution in [1.29, 1.82) is 0 Å². The third kappa shape index (κ3) is 26.4. The number of hydrogen-bond acceptors (Lipinski definition) is 15. The van der Waals surface area contributed by atoms with E-state index in [1.807, 2.05) is 48.5 Å². The fourth-order valence-corrected chi connectivity index (χ4v) is 7.63. The monoisotopic (exact) mass is 1060 g/mol. The SMILES string of the molecule is CCC(=O)NCCNC(=O)/N=C(/N)NCCC[C@@H](NC(=O)[C@H](c1cccc(NCCCNC(=O)CCOCCOCCOCCOCCOCCOCCN)c1)N1Cc2ccccc2C1)C(=O)NCc1ccc(O)cc1. The Labute approximate surface area is 446 Å². The van der Waals surface area contributed by atoms with Crippen LogP contribution in [0, 0.1) is 0 Å². The summed E-state index contributed by atoms with van der Waals surface area (Å²) in [6.07, 6.45) is 1.78. The maximum absolute atomic E-state index is 14.7. The minimum Gasteiger partial charge on any atom is -0.508 e. The average Bonchev–Trinajstić information content (AvgIpc) is 3.85. The van der Waals surface area contributed by atoms with Gasteiger partial charge in [0.05, 0.1) is 79.3 Å². The summed E-state index contributed by atoms with van der Waals surface area (Å²) < 4.78 is 32.7. The molecule has 1 aliphatic heterocycles. The number of aliphatic imine (C=N–C) groups is 1. The molecule has 3 aromatic rings. The van der Waals surface area contributed by atoms with Crippen molar-refractivity contribution in [1.82, 2.24) is 36.8 Å². The highest BCUT2D eigenvalue weighted by Crippen LogP contribution is 2.33. The standard InChI is InChI=1S/C53H81N11O12/c1-2-47(66)58-22-23-60-53(70)63-52(55)59-19-6-12-46(50(68)61-37-40-13-15-45(65)16-14-40)62-51(69)49(64-38-42-8-3-4-9-43(42)39-64)41-10-5-11-44(36-41)56-20-7-21-57-48(67)17-24-71-26-28-73-30-32-75-34-35-76-33-31-74-29-27-72-25-18-54/h3-5,8-11,13-16,36,46,49,56,65H,2,6-7,12,17-35,37-39,54H2,1H3,(H,57,67)(H,58,66)(H,61,68)(H,62,69)(H4,55,59,60,63,70)/t46-,49+/m1/s1. The highest BCUT2D eigenvalue weighted by atomic mass is 16.6. The molecule has 6 amide bonds. The van der Waals surface area contributed by atoms with Crippen molar-refractivity contribution in [3.63, 3.8) is 0 Å². The molecule has 0 saturated carbocycles. The lowest BCUT2D eigenvalue weighted by atomic mass is 10.0. The van der Waals surface area contributed by atoms with Crippen LogP contribution >= 0.6 is 0 Å². The fourth-order valence-electron chi connectivity index (χ4n) is 7.63. The summed E-state index contributed by atoms with van der Waals surface area (Å²) >= 11 is 0. The van der Waals surface area contributed by atoms with Gasteiger partial charge in [-0.15, -0.1) is 0 Å². The van der Waals surface area contributed by atoms with Gasteiger partial charge in [0.2, 0.25) is 23.6 Å². The minimum atomic E-state index is -0.959. The van der Waals surface area contributed by atoms with Gasteiger partial charge in [0.25, 0.3) is 0 Å². The second kappa shape index (κ2) is 38.2. The molecule has 12 N–H and O–H groups in total. The van der Waals surface area contributed by atoms with Gasteiger partial charge in [-0.1, -0.05) is 55.5 Å². The van der Waals surface area contributed by atoms with E-state index in [9.17, 15) is 29.1 Å². The van der Waals surface area contributed by atoms with Crippen LogP contribution in [0.4, 0.5) is 10.5 Å². The molecule has 420 valence electrons. The first kappa shape index (κ1) is 62.1. The number of urea groups is 1. The molecular weight excluding hydrogens is 983 g/mol. The van der Waals surface area contributed by atoms with Crippen molar-refractivity contribution in [2.45, 2.75) is 70.7 Å². The Morgan fingerprint density at radius 2 is 1.21 bits per heavy atom. The highest BCUT2D eigenvalue weighted by Gasteiger charge is 2.34. The zero-order chi connectivity index (χ0) is 54.4. The van der Waals surface area contributed by atoms with E-state index in [1.54, 1.807) is 19.1 Å². The lowest BCUT2D eigenvalue weighted by Gasteiger charge is -2.29. The Bertz CT molecular complexity index is 2160. The number of rotatable bonds is 40. The van der Waals surface area contributed by atoms with E-state index in [-0.39, 0.29) is 75.1 Å². The molecule has 0 spiro atoms. The van der Waals surface area contributed by atoms with Gasteiger partial charge in [-0.25, -0.2) is 4.79 Å². The molecule has 23 heteroatoms. The smallest absolute Gasteiger partial charge is 0.344 e. The molecule has 76 heavy (non-hydrogen) atoms. The molecule has 0 fully saturated rings. The Hall–Kier alpha value is -6.44. The van der Waals surface area contributed by atoms with Gasteiger partial charge in [-0.3, -0.25) is 24.1 Å². The van der Waals surface area contributed by atoms with E-state index in [0.717, 1.165) is 27.9 Å². The first-order valence-electron chi connectivity index (χ1n) is 26.1. The summed E-state index contributed by atoms with van der Waals surface area (Å²) in [6.45, 7) is 10.4. The normalized spacial score (nSPS) is 13.1. The molecule has 2 atom stereocenters. The number of carbonyl (C=O) groups is 5. The van der Waals surface area contributed by atoms with E-state index >= 15 is 0 Å². The molecule has 0 bridgehead atoms. The van der Waals surface area contributed by atoms with Crippen molar-refractivity contribution >= 4 is 41.3 Å². The topological polar surface area (TPSA) is 313 Å². The first-order valence-corrected chi connectivity index (χ1v) is 26.1. The van der Waals surface area contributed by atoms with Crippen molar-refractivity contribution < 1.29 is 57.5 Å². The second-order valence-electron chi connectivity index (χ2n) is 17.5. The Kier molecular flexibility index (Phi) is 31.2. The predicted octanol–water partition coefficient (Wildman–Crippen LogP) is 1.54. The van der Waals surface area contributed by atoms with E-state index in [4.69, 9.17) is 39.9 Å². The molecule has 0 radical (unpaired) electrons. The number of phenols is 1. The van der Waals surface area contributed by atoms with Crippen LogP contribution in [0.3, 0.4) is 0 Å². The first-order chi connectivity index (χ1) is 37.1. The summed E-state index contributed by atoms with van der Waals surface area (Å²) in [7, 11) is 0. The molecule has 3 aromatic carbocycles. The minimum absolute atomic E-state index is 0.0984. The molecular formula is C53H81N11O12. The van der Waals surface area contributed by atoms with Crippen molar-refractivity contribution in [3.05, 3.63) is 95.1 Å². The van der Waals surface area contributed by atoms with Crippen LogP contribution in [0.5, 0.6) is 5.75 Å². The van der Waals surface area contributed by atoms with Gasteiger partial charge in [0.15, 0.2) is 5.96 Å². The van der Waals surface area contributed by atoms with Gasteiger partial charge in [0, 0.05) is 77.4 Å². The number of nitrogens with two attached hydrogens (primary N) is 2. The number of benzene rings is 3. The van der Waals surface area contributed by atoms with Crippen molar-refractivity contribution in [2.75, 3.05) is 124 Å². The van der Waals surface area contributed by atoms with Gasteiger partial charge >= 0.3 is 6.03 Å². The molecule has 1 aliphatic rings. The number of nitrogens with one attached hydrogen (secondary N) is 7. The Balaban J connectivity index is 1.22. The van der Waals surface area contributed by atoms with Crippen LogP contribution in [0.25, 0.3) is 0 Å². The third-order valence-electron chi connectivity index (χ3n) is 11.6. The van der Waals surface area contributed by atoms with E-state index < -0.39 is 24.0 Å². The van der Waals surface area contributed by atoms with Crippen molar-refractivity contribution in [2.24, 2.45) is 16.5 Å². The molecule has 4 rings (SSSR count). The Morgan fingerprint density at radius 3 is 1.83 bits per heavy atom. The fraction of sp³-hybridized carbons (Fsp3) is 0.547. The van der Waals surface area contributed by atoms with Gasteiger partial charge < -0.3 is 82.2 Å². The number of aromatic hydroxyl groups is 1. The second-order valence-corrected chi connectivity index (χ2v) is 17.5. The van der Waals surface area contributed by atoms with E-state index in [1.165, 1.54) is 12.1 Å². The largest absolute Gasteiger partial charge is 0.508 e. The molecule has 23 nitrogen and oxygen atoms in total. The number of phenolic OH excluding ortho intramolecular Hbond substituents is 1. The maximum atomic E-state index is 14.7. The molecule has 0 aliphatic carbocycles. The number of amides is 6. The number of anilines is 1. The van der Waals surface area contributed by atoms with Gasteiger partial charge in [-0.2, -0.15) is 4.99 Å². The summed E-state index contributed by atoms with van der Waals surface area (Å²) in [5.41, 5.74) is 15.8. The van der Waals surface area contributed by atoms with E-state index in [0.29, 0.717) is 125 Å². The van der Waals surface area contributed by atoms with Crippen LogP contribution in [-0.4, -0.2) is 170 Å². The molecule has 0 aromatic heterocycles. The number of guanidine groups is 1. The summed E-state index contributed by atoms with van der Waals surface area (Å²) in [4.78, 5) is 70.6. The zero-order valence-corrected chi connectivity index (χ0v) is 44.0. The Morgan fingerprint density at radius 1 is 0.632 bits per heavy atom. The maximum Gasteiger partial charge on any atom is 0.344 e. The molecule has 1 heterocycles. The van der Waals surface area contributed by atoms with Crippen LogP contribution in [0.1, 0.15) is 67.3 Å². The average molecular weight is 1060 g/mol. The lowest BCUT2D eigenvalue weighted by molar-refractivity contribution is -0.132. The number of carbonyl (C=O) groups excluding carboxylic acids is 5. The molecule has 0 saturated heterocycles. The number of hydrogen-bond donors (Lipinski definition) is 10. The summed E-state index contributed by atoms with van der Waals surface area (Å²) in [5.74, 6) is -1.05. The predicted molar refractivity (Wildman–Crippen MR) is 287 cm³/mol. The van der Waals surface area contributed by atoms with Crippen LogP contribution in [0.15, 0.2) is 77.8 Å². The van der Waals surface area contributed by atoms with Crippen LogP contribution < -0.4 is 48.7 Å². The van der Waals surface area contributed by atoms with Crippen molar-refractivity contribution in [3.8, 4) is 5.75 Å². The quantitative estimate of drug-likeness (QED) is 0.0219. The lowest BCUT2D eigenvalue weighted by Crippen LogP contribution is -2.50. The highest BCUT2D eigenvalue weighted by molar-refractivity contribution is 5.92. The third-order valence-corrected chi connectivity index (χ3v) is 11.6.